The first-order chi connectivity index (χ1) is 13.3. The summed E-state index contributed by atoms with van der Waals surface area (Å²) in [6.45, 7) is 7.52. The van der Waals surface area contributed by atoms with Gasteiger partial charge in [0.1, 0.15) is 0 Å². The minimum absolute atomic E-state index is 0.169. The highest BCUT2D eigenvalue weighted by Gasteiger charge is 2.29. The number of nitrogens with one attached hydrogen (secondary N) is 2. The standard InChI is InChI=1S/C23H31N3O/c1-3-18-10-8-9-13-20(18)16-25-23(24-4-2)26-17-21-14-15-27-22(21)19-11-6-5-7-12-19/h5-13,21-22H,3-4,14-17H2,1-2H3,(H2,24,25,26). The van der Waals surface area contributed by atoms with Crippen LogP contribution in [0.5, 0.6) is 0 Å². The third kappa shape index (κ3) is 5.33. The van der Waals surface area contributed by atoms with Crippen LogP contribution in [0.1, 0.15) is 43.1 Å². The third-order valence-electron chi connectivity index (χ3n) is 5.13. The number of aryl methyl sites for hydroxylation is 1. The minimum atomic E-state index is 0.169. The summed E-state index contributed by atoms with van der Waals surface area (Å²) in [6, 6.07) is 19.1. The highest BCUT2D eigenvalue weighted by atomic mass is 16.5. The van der Waals surface area contributed by atoms with Crippen molar-refractivity contribution in [1.82, 2.24) is 10.6 Å². The largest absolute Gasteiger partial charge is 0.373 e. The molecule has 0 bridgehead atoms. The number of guanidine groups is 1. The molecule has 0 amide bonds. The molecule has 2 atom stereocenters. The summed E-state index contributed by atoms with van der Waals surface area (Å²) in [4.78, 5) is 4.80. The Bertz CT molecular complexity index is 729. The fraction of sp³-hybridized carbons (Fsp3) is 0.435. The second-order valence-electron chi connectivity index (χ2n) is 6.95. The van der Waals surface area contributed by atoms with Crippen LogP contribution in [0.2, 0.25) is 0 Å². The lowest BCUT2D eigenvalue weighted by Gasteiger charge is -2.21. The molecule has 0 radical (unpaired) electrons. The molecule has 3 rings (SSSR count). The zero-order chi connectivity index (χ0) is 18.9. The van der Waals surface area contributed by atoms with Gasteiger partial charge in [-0.2, -0.15) is 0 Å². The summed E-state index contributed by atoms with van der Waals surface area (Å²) >= 11 is 0. The van der Waals surface area contributed by atoms with Crippen LogP contribution in [-0.4, -0.2) is 25.7 Å². The van der Waals surface area contributed by atoms with Crippen molar-refractivity contribution in [1.29, 1.82) is 0 Å². The molecule has 2 aromatic rings. The maximum atomic E-state index is 6.00. The van der Waals surface area contributed by atoms with Gasteiger partial charge in [0.2, 0.25) is 0 Å². The van der Waals surface area contributed by atoms with Crippen LogP contribution < -0.4 is 10.6 Å². The topological polar surface area (TPSA) is 45.7 Å². The second kappa shape index (κ2) is 10.1. The molecule has 27 heavy (non-hydrogen) atoms. The molecule has 1 saturated heterocycles. The molecule has 4 heteroatoms. The van der Waals surface area contributed by atoms with Crippen molar-refractivity contribution in [2.45, 2.75) is 39.3 Å². The molecule has 0 saturated carbocycles. The van der Waals surface area contributed by atoms with Crippen molar-refractivity contribution >= 4 is 5.96 Å². The lowest BCUT2D eigenvalue weighted by Crippen LogP contribution is -2.40. The number of hydrogen-bond acceptors (Lipinski definition) is 2. The van der Waals surface area contributed by atoms with Crippen molar-refractivity contribution in [3.05, 3.63) is 71.3 Å². The number of rotatable bonds is 7. The minimum Gasteiger partial charge on any atom is -0.373 e. The number of benzene rings is 2. The lowest BCUT2D eigenvalue weighted by atomic mass is 9.95. The van der Waals surface area contributed by atoms with Gasteiger partial charge in [-0.1, -0.05) is 61.5 Å². The summed E-state index contributed by atoms with van der Waals surface area (Å²) in [6.07, 6.45) is 2.28. The molecule has 2 N–H and O–H groups in total. The van der Waals surface area contributed by atoms with E-state index in [1.165, 1.54) is 16.7 Å². The quantitative estimate of drug-likeness (QED) is 0.574. The van der Waals surface area contributed by atoms with Crippen LogP contribution >= 0.6 is 0 Å². The number of aliphatic imine (C=N–C) groups is 1. The van der Waals surface area contributed by atoms with Crippen LogP contribution in [0.3, 0.4) is 0 Å². The van der Waals surface area contributed by atoms with Gasteiger partial charge in [-0.3, -0.25) is 0 Å². The van der Waals surface area contributed by atoms with Crippen LogP contribution in [0.25, 0.3) is 0 Å². The Morgan fingerprint density at radius 2 is 1.74 bits per heavy atom. The molecule has 4 nitrogen and oxygen atoms in total. The molecular formula is C23H31N3O. The molecule has 0 aliphatic carbocycles. The van der Waals surface area contributed by atoms with Crippen molar-refractivity contribution in [2.75, 3.05) is 19.7 Å². The van der Waals surface area contributed by atoms with Crippen molar-refractivity contribution in [3.8, 4) is 0 Å². The highest BCUT2D eigenvalue weighted by molar-refractivity contribution is 5.79. The number of nitrogens with zero attached hydrogens (tertiary/aromatic N) is 1. The van der Waals surface area contributed by atoms with Gasteiger partial charge in [0, 0.05) is 25.6 Å². The van der Waals surface area contributed by atoms with E-state index < -0.39 is 0 Å². The number of hydrogen-bond donors (Lipinski definition) is 2. The van der Waals surface area contributed by atoms with Crippen LogP contribution in [0.15, 0.2) is 59.6 Å². The van der Waals surface area contributed by atoms with E-state index in [0.29, 0.717) is 12.5 Å². The van der Waals surface area contributed by atoms with Gasteiger partial charge in [-0.15, -0.1) is 0 Å². The van der Waals surface area contributed by atoms with Crippen LogP contribution in [0.4, 0.5) is 0 Å². The average molecular weight is 366 g/mol. The summed E-state index contributed by atoms with van der Waals surface area (Å²) in [7, 11) is 0. The normalized spacial score (nSPS) is 19.9. The molecular weight excluding hydrogens is 334 g/mol. The predicted molar refractivity (Wildman–Crippen MR) is 112 cm³/mol. The Kier molecular flexibility index (Phi) is 7.28. The van der Waals surface area contributed by atoms with Gasteiger partial charge in [-0.05, 0) is 36.5 Å². The summed E-state index contributed by atoms with van der Waals surface area (Å²) in [5.41, 5.74) is 3.93. The molecule has 2 aromatic carbocycles. The SMILES string of the molecule is CCNC(=NCc1ccccc1CC)NCC1CCOC1c1ccccc1. The second-order valence-corrected chi connectivity index (χ2v) is 6.95. The van der Waals surface area contributed by atoms with Gasteiger partial charge in [0.25, 0.3) is 0 Å². The smallest absolute Gasteiger partial charge is 0.191 e. The molecule has 2 unspecified atom stereocenters. The van der Waals surface area contributed by atoms with Crippen LogP contribution in [0, 0.1) is 5.92 Å². The first-order valence-corrected chi connectivity index (χ1v) is 10.1. The van der Waals surface area contributed by atoms with Gasteiger partial charge in [-0.25, -0.2) is 4.99 Å². The van der Waals surface area contributed by atoms with E-state index >= 15 is 0 Å². The summed E-state index contributed by atoms with van der Waals surface area (Å²) in [5.74, 6) is 1.33. The Morgan fingerprint density at radius 1 is 1.00 bits per heavy atom. The van der Waals surface area contributed by atoms with Crippen molar-refractivity contribution < 1.29 is 4.74 Å². The first kappa shape index (κ1) is 19.4. The fourth-order valence-corrected chi connectivity index (χ4v) is 3.64. The van der Waals surface area contributed by atoms with Gasteiger partial charge in [0.05, 0.1) is 12.6 Å². The zero-order valence-corrected chi connectivity index (χ0v) is 16.4. The van der Waals surface area contributed by atoms with E-state index in [4.69, 9.17) is 9.73 Å². The van der Waals surface area contributed by atoms with Crippen molar-refractivity contribution in [2.24, 2.45) is 10.9 Å². The predicted octanol–water partition coefficient (Wildman–Crippen LogP) is 4.08. The van der Waals surface area contributed by atoms with Crippen LogP contribution in [-0.2, 0) is 17.7 Å². The van der Waals surface area contributed by atoms with Gasteiger partial charge in [0.15, 0.2) is 5.96 Å². The molecule has 1 fully saturated rings. The maximum absolute atomic E-state index is 6.00. The Labute approximate surface area is 163 Å². The van der Waals surface area contributed by atoms with E-state index in [1.54, 1.807) is 0 Å². The van der Waals surface area contributed by atoms with Gasteiger partial charge < -0.3 is 15.4 Å². The first-order valence-electron chi connectivity index (χ1n) is 10.1. The van der Waals surface area contributed by atoms with Gasteiger partial charge >= 0.3 is 0 Å². The molecule has 144 valence electrons. The average Bonchev–Trinajstić information content (AvgIpc) is 3.19. The summed E-state index contributed by atoms with van der Waals surface area (Å²) < 4.78 is 6.00. The number of ether oxygens (including phenoxy) is 1. The van der Waals surface area contributed by atoms with E-state index in [2.05, 4.69) is 79.1 Å². The highest BCUT2D eigenvalue weighted by Crippen LogP contribution is 2.33. The fourth-order valence-electron chi connectivity index (χ4n) is 3.64. The monoisotopic (exact) mass is 365 g/mol. The lowest BCUT2D eigenvalue weighted by molar-refractivity contribution is 0.0915. The van der Waals surface area contributed by atoms with E-state index in [1.807, 2.05) is 0 Å². The third-order valence-corrected chi connectivity index (χ3v) is 5.13. The maximum Gasteiger partial charge on any atom is 0.191 e. The molecule has 0 aromatic heterocycles. The van der Waals surface area contributed by atoms with Crippen molar-refractivity contribution in [3.63, 3.8) is 0 Å². The molecule has 1 heterocycles. The van der Waals surface area contributed by atoms with E-state index in [-0.39, 0.29) is 6.10 Å². The van der Waals surface area contributed by atoms with E-state index in [9.17, 15) is 0 Å². The summed E-state index contributed by atoms with van der Waals surface area (Å²) in [5, 5.41) is 6.90. The molecule has 1 aliphatic heterocycles. The Morgan fingerprint density at radius 3 is 2.48 bits per heavy atom. The Hall–Kier alpha value is -2.33. The molecule has 0 spiro atoms. The van der Waals surface area contributed by atoms with E-state index in [0.717, 1.165) is 38.5 Å². The Balaban J connectivity index is 1.62. The zero-order valence-electron chi connectivity index (χ0n) is 16.4. The molecule has 1 aliphatic rings.